The highest BCUT2D eigenvalue weighted by molar-refractivity contribution is 5.81. The number of aldehydes is 1. The third-order valence-corrected chi connectivity index (χ3v) is 2.66. The van der Waals surface area contributed by atoms with Crippen molar-refractivity contribution in [3.8, 4) is 0 Å². The Hall–Kier alpha value is -1.84. The Bertz CT molecular complexity index is 427. The largest absolute Gasteiger partial charge is 0.368 e. The fourth-order valence-corrected chi connectivity index (χ4v) is 1.71. The smallest absolute Gasteiger partial charge is 0.236 e. The number of primary amides is 1. The summed E-state index contributed by atoms with van der Waals surface area (Å²) in [4.78, 5) is 23.7. The minimum atomic E-state index is -0.365. The lowest BCUT2D eigenvalue weighted by Gasteiger charge is -2.28. The summed E-state index contributed by atoms with van der Waals surface area (Å²) < 4.78 is 0. The second-order valence-corrected chi connectivity index (χ2v) is 4.35. The molecule has 2 N–H and O–H groups in total. The zero-order chi connectivity index (χ0) is 13.0. The highest BCUT2D eigenvalue weighted by atomic mass is 16.1. The molecule has 1 rings (SSSR count). The van der Waals surface area contributed by atoms with E-state index < -0.39 is 0 Å². The average Bonchev–Trinajstić information content (AvgIpc) is 2.25. The van der Waals surface area contributed by atoms with Crippen molar-refractivity contribution >= 4 is 17.9 Å². The van der Waals surface area contributed by atoms with Crippen LogP contribution in [0, 0.1) is 6.92 Å². The molecule has 0 aliphatic carbocycles. The molecule has 1 aromatic carbocycles. The van der Waals surface area contributed by atoms with Crippen molar-refractivity contribution in [3.05, 3.63) is 29.3 Å². The van der Waals surface area contributed by atoms with Crippen molar-refractivity contribution in [2.45, 2.75) is 26.8 Å². The summed E-state index contributed by atoms with van der Waals surface area (Å²) >= 11 is 0. The number of aryl methyl sites for hydroxylation is 1. The minimum absolute atomic E-state index is 0.170. The Labute approximate surface area is 101 Å². The van der Waals surface area contributed by atoms with E-state index in [1.165, 1.54) is 0 Å². The normalized spacial score (nSPS) is 10.4. The van der Waals surface area contributed by atoms with Gasteiger partial charge in [-0.1, -0.05) is 0 Å². The number of hydrogen-bond donors (Lipinski definition) is 1. The van der Waals surface area contributed by atoms with Gasteiger partial charge in [-0.25, -0.2) is 0 Å². The van der Waals surface area contributed by atoms with Crippen molar-refractivity contribution in [2.24, 2.45) is 5.73 Å². The van der Waals surface area contributed by atoms with Gasteiger partial charge in [-0.2, -0.15) is 0 Å². The maximum Gasteiger partial charge on any atom is 0.236 e. The molecule has 0 aromatic heterocycles. The summed E-state index contributed by atoms with van der Waals surface area (Å²) in [5.74, 6) is -0.365. The van der Waals surface area contributed by atoms with E-state index in [0.717, 1.165) is 17.5 Å². The number of anilines is 1. The van der Waals surface area contributed by atoms with Gasteiger partial charge in [0.1, 0.15) is 6.29 Å². The first-order valence-electron chi connectivity index (χ1n) is 5.56. The summed E-state index contributed by atoms with van der Waals surface area (Å²) in [6.45, 7) is 6.03. The predicted molar refractivity (Wildman–Crippen MR) is 68.2 cm³/mol. The summed E-state index contributed by atoms with van der Waals surface area (Å²) in [6, 6.07) is 5.66. The van der Waals surface area contributed by atoms with Crippen molar-refractivity contribution in [1.82, 2.24) is 0 Å². The number of amides is 1. The van der Waals surface area contributed by atoms with Gasteiger partial charge in [0.2, 0.25) is 5.91 Å². The number of nitrogens with zero attached hydrogens (tertiary/aromatic N) is 1. The van der Waals surface area contributed by atoms with Crippen molar-refractivity contribution in [1.29, 1.82) is 0 Å². The number of rotatable bonds is 5. The average molecular weight is 234 g/mol. The van der Waals surface area contributed by atoms with Gasteiger partial charge in [-0.3, -0.25) is 9.59 Å². The van der Waals surface area contributed by atoms with E-state index in [0.29, 0.717) is 5.56 Å². The quantitative estimate of drug-likeness (QED) is 0.785. The van der Waals surface area contributed by atoms with E-state index in [-0.39, 0.29) is 18.5 Å². The summed E-state index contributed by atoms with van der Waals surface area (Å²) in [5, 5.41) is 0. The number of benzene rings is 1. The minimum Gasteiger partial charge on any atom is -0.368 e. The third kappa shape index (κ3) is 3.31. The first kappa shape index (κ1) is 13.2. The molecule has 1 aromatic rings. The lowest BCUT2D eigenvalue weighted by atomic mass is 10.1. The van der Waals surface area contributed by atoms with Gasteiger partial charge in [-0.15, -0.1) is 0 Å². The van der Waals surface area contributed by atoms with Gasteiger partial charge >= 0.3 is 0 Å². The maximum absolute atomic E-state index is 11.0. The van der Waals surface area contributed by atoms with Crippen LogP contribution in [0.4, 0.5) is 5.69 Å². The van der Waals surface area contributed by atoms with E-state index >= 15 is 0 Å². The number of carbonyl (C=O) groups is 2. The molecular weight excluding hydrogens is 216 g/mol. The Balaban J connectivity index is 3.06. The van der Waals surface area contributed by atoms with E-state index in [4.69, 9.17) is 5.73 Å². The van der Waals surface area contributed by atoms with Gasteiger partial charge in [0.05, 0.1) is 6.54 Å². The molecule has 17 heavy (non-hydrogen) atoms. The third-order valence-electron chi connectivity index (χ3n) is 2.66. The van der Waals surface area contributed by atoms with Crippen LogP contribution in [-0.4, -0.2) is 24.8 Å². The molecule has 1 amide bonds. The highest BCUT2D eigenvalue weighted by Crippen LogP contribution is 2.20. The predicted octanol–water partition coefficient (Wildman–Crippen LogP) is 1.51. The van der Waals surface area contributed by atoms with E-state index in [1.807, 2.05) is 37.8 Å². The van der Waals surface area contributed by atoms with Crippen molar-refractivity contribution in [3.63, 3.8) is 0 Å². The van der Waals surface area contributed by atoms with E-state index in [2.05, 4.69) is 0 Å². The molecule has 4 nitrogen and oxygen atoms in total. The molecule has 0 saturated heterocycles. The molecule has 92 valence electrons. The van der Waals surface area contributed by atoms with E-state index in [9.17, 15) is 9.59 Å². The first-order valence-corrected chi connectivity index (χ1v) is 5.56. The van der Waals surface area contributed by atoms with Crippen molar-refractivity contribution < 1.29 is 9.59 Å². The fourth-order valence-electron chi connectivity index (χ4n) is 1.71. The molecule has 0 aliphatic rings. The monoisotopic (exact) mass is 234 g/mol. The molecule has 0 atom stereocenters. The van der Waals surface area contributed by atoms with E-state index in [1.54, 1.807) is 6.07 Å². The van der Waals surface area contributed by atoms with Gasteiger partial charge in [0, 0.05) is 17.3 Å². The molecular formula is C13H18N2O2. The Morgan fingerprint density at radius 1 is 1.47 bits per heavy atom. The Morgan fingerprint density at radius 2 is 2.12 bits per heavy atom. The van der Waals surface area contributed by atoms with Crippen LogP contribution in [0.15, 0.2) is 18.2 Å². The van der Waals surface area contributed by atoms with Gasteiger partial charge in [0.25, 0.3) is 0 Å². The molecule has 0 spiro atoms. The number of carbonyl (C=O) groups excluding carboxylic acids is 2. The Morgan fingerprint density at radius 3 is 2.53 bits per heavy atom. The molecule has 0 fully saturated rings. The second kappa shape index (κ2) is 5.48. The number of hydrogen-bond acceptors (Lipinski definition) is 3. The highest BCUT2D eigenvalue weighted by Gasteiger charge is 2.13. The van der Waals surface area contributed by atoms with Crippen LogP contribution in [0.2, 0.25) is 0 Å². The summed E-state index contributed by atoms with van der Waals surface area (Å²) in [7, 11) is 0. The molecule has 0 aliphatic heterocycles. The zero-order valence-electron chi connectivity index (χ0n) is 10.4. The zero-order valence-corrected chi connectivity index (χ0v) is 10.4. The van der Waals surface area contributed by atoms with Crippen LogP contribution in [0.3, 0.4) is 0 Å². The van der Waals surface area contributed by atoms with Crippen LogP contribution < -0.4 is 10.6 Å². The summed E-state index contributed by atoms with van der Waals surface area (Å²) in [5.41, 5.74) is 7.69. The topological polar surface area (TPSA) is 63.4 Å². The Kier molecular flexibility index (Phi) is 4.26. The summed E-state index contributed by atoms with van der Waals surface area (Å²) in [6.07, 6.45) is 0.826. The molecule has 0 radical (unpaired) electrons. The number of nitrogens with two attached hydrogens (primary N) is 1. The van der Waals surface area contributed by atoms with Crippen LogP contribution in [0.1, 0.15) is 29.8 Å². The lowest BCUT2D eigenvalue weighted by Crippen LogP contribution is -2.38. The lowest BCUT2D eigenvalue weighted by molar-refractivity contribution is -0.116. The standard InChI is InChI=1S/C13H18N2O2/c1-9(2)15(7-13(14)17)12-5-4-11(8-16)10(3)6-12/h4-6,8-9H,7H2,1-3H3,(H2,14,17). The van der Waals surface area contributed by atoms with Crippen molar-refractivity contribution in [2.75, 3.05) is 11.4 Å². The van der Waals surface area contributed by atoms with Gasteiger partial charge in [-0.05, 0) is 44.5 Å². The molecule has 0 unspecified atom stereocenters. The van der Waals surface area contributed by atoms with Crippen LogP contribution in [0.5, 0.6) is 0 Å². The molecule has 0 saturated carbocycles. The molecule has 0 bridgehead atoms. The fraction of sp³-hybridized carbons (Fsp3) is 0.385. The maximum atomic E-state index is 11.0. The first-order chi connectivity index (χ1) is 7.95. The second-order valence-electron chi connectivity index (χ2n) is 4.35. The van der Waals surface area contributed by atoms with Crippen LogP contribution >= 0.6 is 0 Å². The van der Waals surface area contributed by atoms with Crippen LogP contribution in [-0.2, 0) is 4.79 Å². The molecule has 4 heteroatoms. The van der Waals surface area contributed by atoms with Gasteiger partial charge in [0.15, 0.2) is 0 Å². The molecule has 0 heterocycles. The van der Waals surface area contributed by atoms with Crippen LogP contribution in [0.25, 0.3) is 0 Å². The SMILES string of the molecule is Cc1cc(N(CC(N)=O)C(C)C)ccc1C=O. The van der Waals surface area contributed by atoms with Gasteiger partial charge < -0.3 is 10.6 Å².